The number of nitrogens with zero attached hydrogens (tertiary/aromatic N) is 2. The minimum absolute atomic E-state index is 0.129. The minimum Gasteiger partial charge on any atom is -0.396 e. The highest BCUT2D eigenvalue weighted by atomic mass is 16.3. The highest BCUT2D eigenvalue weighted by Gasteiger charge is 2.16. The number of aliphatic hydroxyl groups excluding tert-OH is 1. The van der Waals surface area contributed by atoms with Gasteiger partial charge in [-0.3, -0.25) is 0 Å². The Hall–Kier alpha value is -1.65. The van der Waals surface area contributed by atoms with Crippen molar-refractivity contribution in [3.63, 3.8) is 0 Å². The van der Waals surface area contributed by atoms with Gasteiger partial charge in [-0.15, -0.1) is 0 Å². The van der Waals surface area contributed by atoms with Crippen LogP contribution in [0.25, 0.3) is 5.69 Å². The Bertz CT molecular complexity index is 503. The first-order chi connectivity index (χ1) is 9.61. The van der Waals surface area contributed by atoms with Crippen molar-refractivity contribution in [2.45, 2.75) is 26.8 Å². The van der Waals surface area contributed by atoms with E-state index < -0.39 is 0 Å². The fourth-order valence-electron chi connectivity index (χ4n) is 2.12. The predicted molar refractivity (Wildman–Crippen MR) is 80.8 cm³/mol. The zero-order chi connectivity index (χ0) is 14.4. The summed E-state index contributed by atoms with van der Waals surface area (Å²) in [5.74, 6) is 0. The number of benzene rings is 1. The standard InChI is InChI=1S/C16H23N3O/c1-16(2,8-11-20)13-17-12-14-4-6-15(7-5-14)19-10-3-9-18-19/h3-7,9-10,17,20H,8,11-13H2,1-2H3. The third-order valence-electron chi connectivity index (χ3n) is 3.43. The second-order valence-electron chi connectivity index (χ2n) is 5.86. The maximum Gasteiger partial charge on any atom is 0.0645 e. The van der Waals surface area contributed by atoms with E-state index in [2.05, 4.69) is 48.5 Å². The highest BCUT2D eigenvalue weighted by Crippen LogP contribution is 2.18. The fourth-order valence-corrected chi connectivity index (χ4v) is 2.12. The van der Waals surface area contributed by atoms with E-state index in [1.807, 2.05) is 16.9 Å². The summed E-state index contributed by atoms with van der Waals surface area (Å²) in [6.45, 7) is 6.31. The van der Waals surface area contributed by atoms with Gasteiger partial charge < -0.3 is 10.4 Å². The van der Waals surface area contributed by atoms with E-state index in [9.17, 15) is 0 Å². The zero-order valence-corrected chi connectivity index (χ0v) is 12.2. The Balaban J connectivity index is 1.85. The van der Waals surface area contributed by atoms with Gasteiger partial charge in [0.05, 0.1) is 5.69 Å². The molecule has 0 radical (unpaired) electrons. The summed E-state index contributed by atoms with van der Waals surface area (Å²) >= 11 is 0. The first-order valence-corrected chi connectivity index (χ1v) is 7.01. The van der Waals surface area contributed by atoms with Crippen LogP contribution >= 0.6 is 0 Å². The van der Waals surface area contributed by atoms with Gasteiger partial charge in [0.25, 0.3) is 0 Å². The molecule has 0 spiro atoms. The van der Waals surface area contributed by atoms with Crippen molar-refractivity contribution in [1.82, 2.24) is 15.1 Å². The molecule has 0 amide bonds. The van der Waals surface area contributed by atoms with Gasteiger partial charge in [0.1, 0.15) is 0 Å². The van der Waals surface area contributed by atoms with Crippen molar-refractivity contribution in [2.75, 3.05) is 13.2 Å². The van der Waals surface area contributed by atoms with Crippen LogP contribution < -0.4 is 5.32 Å². The van der Waals surface area contributed by atoms with Crippen molar-refractivity contribution in [2.24, 2.45) is 5.41 Å². The highest BCUT2D eigenvalue weighted by molar-refractivity contribution is 5.33. The molecule has 1 aromatic carbocycles. The van der Waals surface area contributed by atoms with Crippen molar-refractivity contribution in [3.05, 3.63) is 48.3 Å². The molecular weight excluding hydrogens is 250 g/mol. The van der Waals surface area contributed by atoms with Crippen molar-refractivity contribution >= 4 is 0 Å². The lowest BCUT2D eigenvalue weighted by Gasteiger charge is -2.24. The van der Waals surface area contributed by atoms with Crippen LogP contribution in [0.2, 0.25) is 0 Å². The molecule has 0 aliphatic rings. The molecule has 4 nitrogen and oxygen atoms in total. The predicted octanol–water partition coefficient (Wildman–Crippen LogP) is 2.37. The van der Waals surface area contributed by atoms with Crippen LogP contribution in [0.15, 0.2) is 42.7 Å². The molecule has 0 fully saturated rings. The van der Waals surface area contributed by atoms with Crippen LogP contribution in [0.1, 0.15) is 25.8 Å². The quantitative estimate of drug-likeness (QED) is 0.814. The average Bonchev–Trinajstić information content (AvgIpc) is 2.93. The monoisotopic (exact) mass is 273 g/mol. The molecule has 20 heavy (non-hydrogen) atoms. The summed E-state index contributed by atoms with van der Waals surface area (Å²) < 4.78 is 1.85. The normalized spacial score (nSPS) is 11.8. The van der Waals surface area contributed by atoms with E-state index in [-0.39, 0.29) is 12.0 Å². The molecule has 2 N–H and O–H groups in total. The Morgan fingerprint density at radius 1 is 1.25 bits per heavy atom. The van der Waals surface area contributed by atoms with Crippen LogP contribution in [0.3, 0.4) is 0 Å². The molecular formula is C16H23N3O. The van der Waals surface area contributed by atoms with Gasteiger partial charge in [-0.1, -0.05) is 26.0 Å². The van der Waals surface area contributed by atoms with Crippen LogP contribution in [-0.2, 0) is 6.54 Å². The van der Waals surface area contributed by atoms with Gasteiger partial charge in [-0.25, -0.2) is 4.68 Å². The van der Waals surface area contributed by atoms with E-state index in [4.69, 9.17) is 5.11 Å². The molecule has 0 saturated carbocycles. The third-order valence-corrected chi connectivity index (χ3v) is 3.43. The van der Waals surface area contributed by atoms with Crippen LogP contribution in [0, 0.1) is 5.41 Å². The van der Waals surface area contributed by atoms with Gasteiger partial charge in [0.2, 0.25) is 0 Å². The number of hydrogen-bond donors (Lipinski definition) is 2. The van der Waals surface area contributed by atoms with E-state index in [1.54, 1.807) is 6.20 Å². The van der Waals surface area contributed by atoms with Crippen molar-refractivity contribution < 1.29 is 5.11 Å². The lowest BCUT2D eigenvalue weighted by molar-refractivity contribution is 0.207. The van der Waals surface area contributed by atoms with Crippen molar-refractivity contribution in [3.8, 4) is 5.69 Å². The molecule has 0 aliphatic heterocycles. The largest absolute Gasteiger partial charge is 0.396 e. The van der Waals surface area contributed by atoms with Gasteiger partial charge in [0.15, 0.2) is 0 Å². The van der Waals surface area contributed by atoms with E-state index in [1.165, 1.54) is 5.56 Å². The number of aromatic nitrogens is 2. The van der Waals surface area contributed by atoms with Gasteiger partial charge >= 0.3 is 0 Å². The summed E-state index contributed by atoms with van der Waals surface area (Å²) in [5.41, 5.74) is 2.45. The SMILES string of the molecule is CC(C)(CCO)CNCc1ccc(-n2cccn2)cc1. The van der Waals surface area contributed by atoms with Gasteiger partial charge in [-0.2, -0.15) is 5.10 Å². The molecule has 2 aromatic rings. The Kier molecular flexibility index (Phi) is 4.93. The second-order valence-corrected chi connectivity index (χ2v) is 5.86. The molecule has 2 rings (SSSR count). The third kappa shape index (κ3) is 4.18. The molecule has 0 saturated heterocycles. The Morgan fingerprint density at radius 3 is 2.60 bits per heavy atom. The van der Waals surface area contributed by atoms with E-state index >= 15 is 0 Å². The smallest absolute Gasteiger partial charge is 0.0645 e. The topological polar surface area (TPSA) is 50.1 Å². The molecule has 0 unspecified atom stereocenters. The maximum atomic E-state index is 9.00. The fraction of sp³-hybridized carbons (Fsp3) is 0.438. The Morgan fingerprint density at radius 2 is 2.00 bits per heavy atom. The Labute approximate surface area is 120 Å². The summed E-state index contributed by atoms with van der Waals surface area (Å²) in [7, 11) is 0. The number of nitrogens with one attached hydrogen (secondary N) is 1. The first-order valence-electron chi connectivity index (χ1n) is 7.01. The van der Waals surface area contributed by atoms with E-state index in [0.29, 0.717) is 0 Å². The maximum absolute atomic E-state index is 9.00. The second kappa shape index (κ2) is 6.68. The number of hydrogen-bond acceptors (Lipinski definition) is 3. The molecule has 4 heteroatoms. The molecule has 0 atom stereocenters. The van der Waals surface area contributed by atoms with Crippen LogP contribution in [-0.4, -0.2) is 28.0 Å². The molecule has 1 aromatic heterocycles. The van der Waals surface area contributed by atoms with Gasteiger partial charge in [0, 0.05) is 32.1 Å². The zero-order valence-electron chi connectivity index (χ0n) is 12.2. The summed E-state index contributed by atoms with van der Waals surface area (Å²) in [4.78, 5) is 0. The van der Waals surface area contributed by atoms with Gasteiger partial charge in [-0.05, 0) is 35.6 Å². The first kappa shape index (κ1) is 14.8. The summed E-state index contributed by atoms with van der Waals surface area (Å²) in [5, 5.41) is 16.7. The van der Waals surface area contributed by atoms with Crippen LogP contribution in [0.4, 0.5) is 0 Å². The van der Waals surface area contributed by atoms with Crippen molar-refractivity contribution in [1.29, 1.82) is 0 Å². The average molecular weight is 273 g/mol. The molecule has 0 bridgehead atoms. The number of rotatable bonds is 7. The summed E-state index contributed by atoms with van der Waals surface area (Å²) in [6, 6.07) is 10.3. The number of aliphatic hydroxyl groups is 1. The van der Waals surface area contributed by atoms with E-state index in [0.717, 1.165) is 25.2 Å². The lowest BCUT2D eigenvalue weighted by atomic mass is 9.90. The lowest BCUT2D eigenvalue weighted by Crippen LogP contribution is -2.29. The molecule has 1 heterocycles. The van der Waals surface area contributed by atoms with Crippen LogP contribution in [0.5, 0.6) is 0 Å². The summed E-state index contributed by atoms with van der Waals surface area (Å²) in [6.07, 6.45) is 4.53. The molecule has 108 valence electrons. The minimum atomic E-state index is 0.129. The molecule has 0 aliphatic carbocycles.